The molecule has 2 aromatic rings. The van der Waals surface area contributed by atoms with Crippen LogP contribution in [0.5, 0.6) is 0 Å². The minimum Gasteiger partial charge on any atom is -0.298 e. The van der Waals surface area contributed by atoms with Gasteiger partial charge in [0.15, 0.2) is 12.6 Å². The normalized spacial score (nSPS) is 13.3. The van der Waals surface area contributed by atoms with Crippen molar-refractivity contribution in [1.29, 1.82) is 0 Å². The van der Waals surface area contributed by atoms with E-state index in [4.69, 9.17) is 0 Å². The molecule has 1 aliphatic rings. The van der Waals surface area contributed by atoms with Gasteiger partial charge in [0, 0.05) is 11.1 Å². The van der Waals surface area contributed by atoms with Crippen LogP contribution in [-0.4, -0.2) is 12.6 Å². The largest absolute Gasteiger partial charge is 0.298 e. The maximum atomic E-state index is 11.4. The van der Waals surface area contributed by atoms with E-state index in [-0.39, 0.29) is 0 Å². The summed E-state index contributed by atoms with van der Waals surface area (Å²) < 4.78 is 0. The highest BCUT2D eigenvalue weighted by molar-refractivity contribution is 6.09. The fourth-order valence-corrected chi connectivity index (χ4v) is 2.72. The van der Waals surface area contributed by atoms with Crippen LogP contribution in [0, 0.1) is 0 Å². The smallest absolute Gasteiger partial charge is 0.151 e. The predicted octanol–water partition coefficient (Wildman–Crippen LogP) is 3.42. The highest BCUT2D eigenvalue weighted by atomic mass is 16.1. The quantitative estimate of drug-likeness (QED) is 0.749. The van der Waals surface area contributed by atoms with E-state index in [0.29, 0.717) is 5.56 Å². The Morgan fingerprint density at radius 1 is 0.944 bits per heavy atom. The lowest BCUT2D eigenvalue weighted by Gasteiger charge is -2.18. The van der Waals surface area contributed by atoms with Gasteiger partial charge in [-0.25, -0.2) is 0 Å². The Morgan fingerprint density at radius 3 is 2.28 bits per heavy atom. The molecule has 0 saturated heterocycles. The van der Waals surface area contributed by atoms with Crippen molar-refractivity contribution in [1.82, 2.24) is 0 Å². The monoisotopic (exact) mass is 236 g/mol. The Bertz CT molecular complexity index is 681. The van der Waals surface area contributed by atoms with Crippen LogP contribution in [0.4, 0.5) is 0 Å². The van der Waals surface area contributed by atoms with Crippen molar-refractivity contribution in [3.8, 4) is 0 Å². The molecule has 2 heteroatoms. The third kappa shape index (κ3) is 1.42. The van der Waals surface area contributed by atoms with Crippen molar-refractivity contribution in [2.75, 3.05) is 0 Å². The van der Waals surface area contributed by atoms with Gasteiger partial charge in [0.1, 0.15) is 0 Å². The third-order valence-electron chi connectivity index (χ3n) is 3.53. The van der Waals surface area contributed by atoms with Crippen LogP contribution in [0.2, 0.25) is 0 Å². The molecular formula is C16H12O2. The van der Waals surface area contributed by atoms with Crippen LogP contribution in [0.25, 0.3) is 16.8 Å². The molecule has 2 aromatic carbocycles. The molecule has 3 rings (SSSR count). The van der Waals surface area contributed by atoms with Gasteiger partial charge >= 0.3 is 0 Å². The number of hydrogen-bond donors (Lipinski definition) is 0. The zero-order chi connectivity index (χ0) is 12.5. The molecule has 2 nitrogen and oxygen atoms in total. The van der Waals surface area contributed by atoms with E-state index in [2.05, 4.69) is 6.08 Å². The minimum atomic E-state index is 0.696. The number of fused-ring (bicyclic) bond motifs is 2. The Hall–Kier alpha value is -2.22. The van der Waals surface area contributed by atoms with Gasteiger partial charge in [0.05, 0.1) is 0 Å². The molecule has 0 spiro atoms. The lowest BCUT2D eigenvalue weighted by atomic mass is 9.85. The van der Waals surface area contributed by atoms with Crippen molar-refractivity contribution in [3.63, 3.8) is 0 Å². The van der Waals surface area contributed by atoms with Gasteiger partial charge in [0.25, 0.3) is 0 Å². The molecule has 0 radical (unpaired) electrons. The first kappa shape index (κ1) is 10.9. The summed E-state index contributed by atoms with van der Waals surface area (Å²) in [6.45, 7) is 0. The molecule has 0 aliphatic heterocycles. The summed E-state index contributed by atoms with van der Waals surface area (Å²) in [4.78, 5) is 22.7. The molecule has 0 unspecified atom stereocenters. The summed E-state index contributed by atoms with van der Waals surface area (Å²) in [5.74, 6) is 0. The topological polar surface area (TPSA) is 34.1 Å². The fourth-order valence-electron chi connectivity index (χ4n) is 2.72. The average Bonchev–Trinajstić information content (AvgIpc) is 2.44. The van der Waals surface area contributed by atoms with Gasteiger partial charge < -0.3 is 0 Å². The number of carbonyl (C=O) groups excluding carboxylic acids is 2. The summed E-state index contributed by atoms with van der Waals surface area (Å²) in [5, 5.41) is 1.74. The molecule has 0 fully saturated rings. The SMILES string of the molecule is O=Cc1c2c(c(C=O)c3ccccc13)CCC=C2. The molecule has 0 saturated carbocycles. The second-order valence-electron chi connectivity index (χ2n) is 4.44. The van der Waals surface area contributed by atoms with E-state index in [0.717, 1.165) is 52.9 Å². The van der Waals surface area contributed by atoms with Crippen LogP contribution in [0.15, 0.2) is 30.3 Å². The Morgan fingerprint density at radius 2 is 1.61 bits per heavy atom. The minimum absolute atomic E-state index is 0.696. The molecule has 88 valence electrons. The molecule has 0 N–H and O–H groups in total. The van der Waals surface area contributed by atoms with Gasteiger partial charge in [-0.1, -0.05) is 36.4 Å². The van der Waals surface area contributed by atoms with Crippen LogP contribution in [-0.2, 0) is 6.42 Å². The molecule has 0 bridgehead atoms. The van der Waals surface area contributed by atoms with E-state index in [9.17, 15) is 9.59 Å². The molecule has 0 heterocycles. The summed E-state index contributed by atoms with van der Waals surface area (Å²) in [5.41, 5.74) is 3.35. The highest BCUT2D eigenvalue weighted by Gasteiger charge is 2.18. The molecule has 0 atom stereocenters. The summed E-state index contributed by atoms with van der Waals surface area (Å²) >= 11 is 0. The average molecular weight is 236 g/mol. The van der Waals surface area contributed by atoms with E-state index in [1.54, 1.807) is 0 Å². The summed E-state index contributed by atoms with van der Waals surface area (Å²) in [6.07, 6.45) is 7.57. The number of benzene rings is 2. The van der Waals surface area contributed by atoms with Crippen molar-refractivity contribution < 1.29 is 9.59 Å². The highest BCUT2D eigenvalue weighted by Crippen LogP contribution is 2.32. The van der Waals surface area contributed by atoms with Gasteiger partial charge in [-0.2, -0.15) is 0 Å². The third-order valence-corrected chi connectivity index (χ3v) is 3.53. The number of aldehydes is 2. The number of rotatable bonds is 2. The van der Waals surface area contributed by atoms with E-state index < -0.39 is 0 Å². The van der Waals surface area contributed by atoms with E-state index >= 15 is 0 Å². The number of hydrogen-bond acceptors (Lipinski definition) is 2. The van der Waals surface area contributed by atoms with Crippen LogP contribution < -0.4 is 0 Å². The maximum Gasteiger partial charge on any atom is 0.151 e. The first-order valence-corrected chi connectivity index (χ1v) is 6.01. The molecule has 18 heavy (non-hydrogen) atoms. The number of allylic oxidation sites excluding steroid dienone is 1. The van der Waals surface area contributed by atoms with Gasteiger partial charge in [-0.3, -0.25) is 9.59 Å². The van der Waals surface area contributed by atoms with Crippen molar-refractivity contribution in [2.24, 2.45) is 0 Å². The first-order valence-electron chi connectivity index (χ1n) is 6.01. The summed E-state index contributed by atoms with van der Waals surface area (Å²) in [6, 6.07) is 7.59. The lowest BCUT2D eigenvalue weighted by molar-refractivity contribution is 0.111. The molecule has 0 amide bonds. The second kappa shape index (κ2) is 4.22. The maximum absolute atomic E-state index is 11.4. The van der Waals surface area contributed by atoms with Crippen molar-refractivity contribution >= 4 is 29.4 Å². The molecular weight excluding hydrogens is 224 g/mol. The summed E-state index contributed by atoms with van der Waals surface area (Å²) in [7, 11) is 0. The van der Waals surface area contributed by atoms with E-state index in [1.807, 2.05) is 30.3 Å². The predicted molar refractivity (Wildman–Crippen MR) is 72.1 cm³/mol. The van der Waals surface area contributed by atoms with Crippen molar-refractivity contribution in [3.05, 3.63) is 52.6 Å². The van der Waals surface area contributed by atoms with Crippen LogP contribution in [0.1, 0.15) is 38.3 Å². The Balaban J connectivity index is 2.55. The Labute approximate surface area is 105 Å². The first-order chi connectivity index (χ1) is 8.86. The molecule has 1 aliphatic carbocycles. The number of carbonyl (C=O) groups is 2. The fraction of sp³-hybridized carbons (Fsp3) is 0.125. The van der Waals surface area contributed by atoms with Gasteiger partial charge in [-0.15, -0.1) is 0 Å². The second-order valence-corrected chi connectivity index (χ2v) is 4.44. The van der Waals surface area contributed by atoms with Gasteiger partial charge in [-0.05, 0) is 34.7 Å². The Kier molecular flexibility index (Phi) is 2.56. The van der Waals surface area contributed by atoms with Gasteiger partial charge in [0.2, 0.25) is 0 Å². The standard InChI is InChI=1S/C16H12O2/c17-9-15-11-5-1-2-6-12(11)16(10-18)14-8-4-3-7-13(14)15/h1-3,5-7,9-10H,4,8H2. The van der Waals surface area contributed by atoms with Crippen LogP contribution >= 0.6 is 0 Å². The van der Waals surface area contributed by atoms with Crippen LogP contribution in [0.3, 0.4) is 0 Å². The van der Waals surface area contributed by atoms with E-state index in [1.165, 1.54) is 0 Å². The van der Waals surface area contributed by atoms with Crippen molar-refractivity contribution in [2.45, 2.75) is 12.8 Å². The zero-order valence-corrected chi connectivity index (χ0v) is 9.85. The zero-order valence-electron chi connectivity index (χ0n) is 9.85. The lowest BCUT2D eigenvalue weighted by Crippen LogP contribution is -2.05. The molecule has 0 aromatic heterocycles.